The lowest BCUT2D eigenvalue weighted by Gasteiger charge is -2.32. The van der Waals surface area contributed by atoms with Gasteiger partial charge in [0.25, 0.3) is 0 Å². The molecule has 1 aromatic carbocycles. The maximum atomic E-state index is 8.51. The second-order valence-corrected chi connectivity index (χ2v) is 11.6. The molecule has 0 saturated heterocycles. The lowest BCUT2D eigenvalue weighted by Crippen LogP contribution is -2.17. The van der Waals surface area contributed by atoms with E-state index in [4.69, 9.17) is 5.26 Å². The van der Waals surface area contributed by atoms with Crippen molar-refractivity contribution in [2.75, 3.05) is 0 Å². The molecule has 0 N–H and O–H groups in total. The molecule has 0 atom stereocenters. The molecular formula is C34H51N. The van der Waals surface area contributed by atoms with Crippen LogP contribution < -0.4 is 0 Å². The van der Waals surface area contributed by atoms with Gasteiger partial charge in [-0.25, -0.2) is 0 Å². The van der Waals surface area contributed by atoms with Crippen LogP contribution in [0.15, 0.2) is 48.6 Å². The maximum absolute atomic E-state index is 8.51. The van der Waals surface area contributed by atoms with Crippen LogP contribution in [0.1, 0.15) is 133 Å². The summed E-state index contributed by atoms with van der Waals surface area (Å²) in [6.45, 7) is 2.29. The Kier molecular flexibility index (Phi) is 13.3. The van der Waals surface area contributed by atoms with Crippen molar-refractivity contribution in [2.45, 2.75) is 128 Å². The molecular weight excluding hydrogens is 422 g/mol. The topological polar surface area (TPSA) is 23.8 Å². The Morgan fingerprint density at radius 1 is 0.743 bits per heavy atom. The van der Waals surface area contributed by atoms with Gasteiger partial charge in [-0.1, -0.05) is 114 Å². The summed E-state index contributed by atoms with van der Waals surface area (Å²) in [7, 11) is 0. The summed E-state index contributed by atoms with van der Waals surface area (Å²) in [6, 6.07) is 11.8. The van der Waals surface area contributed by atoms with Gasteiger partial charge in [-0.15, -0.1) is 0 Å². The van der Waals surface area contributed by atoms with Crippen LogP contribution in [0.2, 0.25) is 0 Å². The van der Waals surface area contributed by atoms with Crippen molar-refractivity contribution in [2.24, 2.45) is 17.8 Å². The number of nitrogens with zero attached hydrogens (tertiary/aromatic N) is 1. The predicted octanol–water partition coefficient (Wildman–Crippen LogP) is 10.5. The predicted molar refractivity (Wildman–Crippen MR) is 151 cm³/mol. The lowest BCUT2D eigenvalue weighted by molar-refractivity contribution is 0.225. The molecule has 0 spiro atoms. The zero-order chi connectivity index (χ0) is 24.6. The van der Waals surface area contributed by atoms with E-state index in [1.54, 1.807) is 11.6 Å². The number of aryl methyl sites for hydroxylation is 1. The van der Waals surface area contributed by atoms with Gasteiger partial charge in [-0.05, 0) is 86.2 Å². The van der Waals surface area contributed by atoms with E-state index in [0.29, 0.717) is 0 Å². The van der Waals surface area contributed by atoms with Crippen LogP contribution in [0.4, 0.5) is 0 Å². The van der Waals surface area contributed by atoms with Gasteiger partial charge >= 0.3 is 0 Å². The Morgan fingerprint density at radius 2 is 1.34 bits per heavy atom. The fourth-order valence-corrected chi connectivity index (χ4v) is 6.56. The highest BCUT2D eigenvalue weighted by atomic mass is 14.3. The van der Waals surface area contributed by atoms with Crippen LogP contribution in [0.3, 0.4) is 0 Å². The fourth-order valence-electron chi connectivity index (χ4n) is 6.56. The highest BCUT2D eigenvalue weighted by Gasteiger charge is 2.25. The SMILES string of the molecule is CCCCCCCc1ccc([C@H]2CC[C@H](CC[C@H]3CC[C@H](CC/C=C/C=C/C#N)CC3)CC2)cc1. The maximum Gasteiger partial charge on any atom is 0.0912 e. The normalized spacial score (nSPS) is 25.3. The fraction of sp³-hybridized carbons (Fsp3) is 0.676. The minimum absolute atomic E-state index is 0.810. The van der Waals surface area contributed by atoms with Gasteiger partial charge in [0.15, 0.2) is 0 Å². The molecule has 0 bridgehead atoms. The second-order valence-electron chi connectivity index (χ2n) is 11.6. The number of hydrogen-bond donors (Lipinski definition) is 0. The molecule has 1 heteroatoms. The monoisotopic (exact) mass is 473 g/mol. The summed E-state index contributed by atoms with van der Waals surface area (Å²) in [5.74, 6) is 3.72. The van der Waals surface area contributed by atoms with Crippen LogP contribution in [-0.2, 0) is 6.42 Å². The third-order valence-electron chi connectivity index (χ3n) is 8.98. The van der Waals surface area contributed by atoms with Crippen molar-refractivity contribution in [3.8, 4) is 6.07 Å². The van der Waals surface area contributed by atoms with Crippen LogP contribution >= 0.6 is 0 Å². The van der Waals surface area contributed by atoms with Gasteiger partial charge < -0.3 is 0 Å². The number of rotatable bonds is 14. The molecule has 35 heavy (non-hydrogen) atoms. The first kappa shape index (κ1) is 27.8. The first-order valence-corrected chi connectivity index (χ1v) is 15.1. The van der Waals surface area contributed by atoms with E-state index in [2.05, 4.69) is 37.3 Å². The molecule has 3 rings (SSSR count). The van der Waals surface area contributed by atoms with Crippen molar-refractivity contribution in [1.29, 1.82) is 5.26 Å². The highest BCUT2D eigenvalue weighted by Crippen LogP contribution is 2.40. The zero-order valence-corrected chi connectivity index (χ0v) is 22.6. The van der Waals surface area contributed by atoms with Gasteiger partial charge in [0, 0.05) is 6.08 Å². The van der Waals surface area contributed by atoms with E-state index in [1.165, 1.54) is 115 Å². The molecule has 1 nitrogen and oxygen atoms in total. The summed E-state index contributed by atoms with van der Waals surface area (Å²) in [5, 5.41) is 8.51. The molecule has 192 valence electrons. The quantitative estimate of drug-likeness (QED) is 0.150. The summed E-state index contributed by atoms with van der Waals surface area (Å²) in [6.07, 6.45) is 32.7. The molecule has 2 saturated carbocycles. The van der Waals surface area contributed by atoms with E-state index in [1.807, 2.05) is 18.2 Å². The summed E-state index contributed by atoms with van der Waals surface area (Å²) >= 11 is 0. The van der Waals surface area contributed by atoms with E-state index >= 15 is 0 Å². The van der Waals surface area contributed by atoms with E-state index in [9.17, 15) is 0 Å². The van der Waals surface area contributed by atoms with Crippen LogP contribution in [-0.4, -0.2) is 0 Å². The molecule has 2 aliphatic rings. The summed E-state index contributed by atoms with van der Waals surface area (Å²) in [4.78, 5) is 0. The number of allylic oxidation sites excluding steroid dienone is 4. The molecule has 1 aromatic rings. The molecule has 2 aliphatic carbocycles. The van der Waals surface area contributed by atoms with E-state index < -0.39 is 0 Å². The smallest absolute Gasteiger partial charge is 0.0912 e. The zero-order valence-electron chi connectivity index (χ0n) is 22.6. The molecule has 0 radical (unpaired) electrons. The Hall–Kier alpha value is -1.81. The average Bonchev–Trinajstić information content (AvgIpc) is 2.91. The Labute approximate surface area is 217 Å². The molecule has 0 unspecified atom stereocenters. The van der Waals surface area contributed by atoms with Gasteiger partial charge in [-0.3, -0.25) is 0 Å². The van der Waals surface area contributed by atoms with Crippen LogP contribution in [0, 0.1) is 29.1 Å². The number of benzene rings is 1. The minimum Gasteiger partial charge on any atom is -0.193 e. The Balaban J connectivity index is 1.26. The van der Waals surface area contributed by atoms with Crippen LogP contribution in [0.5, 0.6) is 0 Å². The third kappa shape index (κ3) is 10.8. The first-order chi connectivity index (χ1) is 17.3. The van der Waals surface area contributed by atoms with Gasteiger partial charge in [0.1, 0.15) is 0 Å². The Bertz CT molecular complexity index is 764. The number of unbranched alkanes of at least 4 members (excludes halogenated alkanes) is 4. The molecule has 0 aromatic heterocycles. The van der Waals surface area contributed by atoms with Crippen molar-refractivity contribution >= 4 is 0 Å². The Morgan fingerprint density at radius 3 is 1.97 bits per heavy atom. The van der Waals surface area contributed by atoms with Crippen molar-refractivity contribution < 1.29 is 0 Å². The van der Waals surface area contributed by atoms with Gasteiger partial charge in [-0.2, -0.15) is 5.26 Å². The lowest BCUT2D eigenvalue weighted by atomic mass is 9.74. The third-order valence-corrected chi connectivity index (χ3v) is 8.98. The molecule has 0 aliphatic heterocycles. The van der Waals surface area contributed by atoms with Crippen molar-refractivity contribution in [1.82, 2.24) is 0 Å². The number of nitriles is 1. The molecule has 2 fully saturated rings. The number of hydrogen-bond acceptors (Lipinski definition) is 1. The van der Waals surface area contributed by atoms with Gasteiger partial charge in [0.2, 0.25) is 0 Å². The van der Waals surface area contributed by atoms with Gasteiger partial charge in [0.05, 0.1) is 6.07 Å². The summed E-state index contributed by atoms with van der Waals surface area (Å²) < 4.78 is 0. The van der Waals surface area contributed by atoms with E-state index in [-0.39, 0.29) is 0 Å². The largest absolute Gasteiger partial charge is 0.193 e. The average molecular weight is 474 g/mol. The molecule has 0 amide bonds. The second kappa shape index (κ2) is 16.8. The minimum atomic E-state index is 0.810. The first-order valence-electron chi connectivity index (χ1n) is 15.1. The highest BCUT2D eigenvalue weighted by molar-refractivity contribution is 5.26. The van der Waals surface area contributed by atoms with Crippen molar-refractivity contribution in [3.63, 3.8) is 0 Å². The van der Waals surface area contributed by atoms with Crippen LogP contribution in [0.25, 0.3) is 0 Å². The van der Waals surface area contributed by atoms with Crippen molar-refractivity contribution in [3.05, 3.63) is 59.7 Å². The standard InChI is InChI=1S/C34H51N/c1-2-3-4-6-9-13-30-20-24-33(25-21-30)34-26-22-32(23-27-34)19-18-31-16-14-29(15-17-31)12-10-7-5-8-11-28-35/h5,7-8,11,20-21,24-25,29,31-32,34H,2-4,6,9-10,12-19,22-23,26-27H2,1H3/b7-5+,11-8+/t29-,31-,32-,34-. The van der Waals surface area contributed by atoms with E-state index in [0.717, 1.165) is 30.1 Å². The summed E-state index contributed by atoms with van der Waals surface area (Å²) in [5.41, 5.74) is 3.14. The molecule has 0 heterocycles.